The Hall–Kier alpha value is -0.650. The van der Waals surface area contributed by atoms with Gasteiger partial charge in [-0.15, -0.1) is 0 Å². The second-order valence-electron chi connectivity index (χ2n) is 6.56. The summed E-state index contributed by atoms with van der Waals surface area (Å²) in [6, 6.07) is 1.08. The number of hydrogen-bond donors (Lipinski definition) is 1. The van der Waals surface area contributed by atoms with Gasteiger partial charge in [0.15, 0.2) is 0 Å². The molecule has 2 heterocycles. The van der Waals surface area contributed by atoms with Crippen molar-refractivity contribution in [2.24, 2.45) is 5.73 Å². The quantitative estimate of drug-likeness (QED) is 0.774. The van der Waals surface area contributed by atoms with Gasteiger partial charge in [-0.2, -0.15) is 0 Å². The van der Waals surface area contributed by atoms with Gasteiger partial charge in [0.05, 0.1) is 6.61 Å². The van der Waals surface area contributed by atoms with Gasteiger partial charge in [0.25, 0.3) is 0 Å². The average Bonchev–Trinajstić information content (AvgIpc) is 2.39. The normalized spacial score (nSPS) is 31.4. The second-order valence-corrected chi connectivity index (χ2v) is 6.56. The fourth-order valence-electron chi connectivity index (χ4n) is 3.42. The first-order valence-corrected chi connectivity index (χ1v) is 7.88. The first-order valence-electron chi connectivity index (χ1n) is 7.88. The number of piperazine rings is 1. The average molecular weight is 283 g/mol. The molecule has 0 aromatic carbocycles. The molecule has 2 saturated heterocycles. The molecule has 0 saturated carbocycles. The monoisotopic (exact) mass is 283 g/mol. The van der Waals surface area contributed by atoms with Crippen LogP contribution in [0.4, 0.5) is 0 Å². The molecule has 3 unspecified atom stereocenters. The van der Waals surface area contributed by atoms with Gasteiger partial charge >= 0.3 is 5.97 Å². The summed E-state index contributed by atoms with van der Waals surface area (Å²) in [5.74, 6) is -0.293. The minimum absolute atomic E-state index is 0.293. The number of carbonyl (C=O) groups is 1. The number of nitrogens with zero attached hydrogens (tertiary/aromatic N) is 2. The highest BCUT2D eigenvalue weighted by molar-refractivity contribution is 5.80. The maximum atomic E-state index is 11.9. The van der Waals surface area contributed by atoms with Gasteiger partial charge in [-0.05, 0) is 40.2 Å². The lowest BCUT2D eigenvalue weighted by atomic mass is 9.95. The Labute approximate surface area is 122 Å². The van der Waals surface area contributed by atoms with Crippen LogP contribution in [-0.4, -0.2) is 66.2 Å². The molecule has 20 heavy (non-hydrogen) atoms. The predicted molar refractivity (Wildman–Crippen MR) is 79.5 cm³/mol. The van der Waals surface area contributed by atoms with Crippen molar-refractivity contribution in [3.8, 4) is 0 Å². The molecule has 0 aromatic heterocycles. The van der Waals surface area contributed by atoms with Crippen molar-refractivity contribution < 1.29 is 9.53 Å². The van der Waals surface area contributed by atoms with Gasteiger partial charge in [-0.1, -0.05) is 6.42 Å². The lowest BCUT2D eigenvalue weighted by Crippen LogP contribution is -2.64. The third kappa shape index (κ3) is 3.51. The lowest BCUT2D eigenvalue weighted by Gasteiger charge is -2.48. The summed E-state index contributed by atoms with van der Waals surface area (Å²) < 4.78 is 5.09. The second kappa shape index (κ2) is 6.41. The van der Waals surface area contributed by atoms with Crippen LogP contribution in [-0.2, 0) is 9.53 Å². The van der Waals surface area contributed by atoms with Crippen LogP contribution in [0.1, 0.15) is 40.0 Å². The molecule has 2 aliphatic rings. The van der Waals surface area contributed by atoms with Crippen LogP contribution >= 0.6 is 0 Å². The predicted octanol–water partition coefficient (Wildman–Crippen LogP) is 0.826. The highest BCUT2D eigenvalue weighted by atomic mass is 16.5. The van der Waals surface area contributed by atoms with E-state index in [1.165, 1.54) is 25.8 Å². The van der Waals surface area contributed by atoms with Crippen LogP contribution < -0.4 is 5.73 Å². The van der Waals surface area contributed by atoms with Crippen molar-refractivity contribution in [2.75, 3.05) is 32.8 Å². The van der Waals surface area contributed by atoms with E-state index in [-0.39, 0.29) is 5.97 Å². The highest BCUT2D eigenvalue weighted by Gasteiger charge is 2.38. The van der Waals surface area contributed by atoms with E-state index in [9.17, 15) is 4.79 Å². The first kappa shape index (κ1) is 15.7. The molecule has 2 fully saturated rings. The molecule has 5 heteroatoms. The molecule has 116 valence electrons. The lowest BCUT2D eigenvalue weighted by molar-refractivity contribution is -0.150. The molecule has 0 aliphatic carbocycles. The van der Waals surface area contributed by atoms with E-state index in [2.05, 4.69) is 16.7 Å². The molecule has 0 bridgehead atoms. The third-order valence-electron chi connectivity index (χ3n) is 4.59. The zero-order chi connectivity index (χ0) is 14.8. The van der Waals surface area contributed by atoms with Crippen LogP contribution in [0.25, 0.3) is 0 Å². The SMILES string of the molecule is CCOC(=O)C(C)(N)CN1CC2CCCCN2CC1C. The van der Waals surface area contributed by atoms with Crippen LogP contribution in [0.2, 0.25) is 0 Å². The summed E-state index contributed by atoms with van der Waals surface area (Å²) in [6.07, 6.45) is 3.91. The van der Waals surface area contributed by atoms with E-state index >= 15 is 0 Å². The third-order valence-corrected chi connectivity index (χ3v) is 4.59. The fourth-order valence-corrected chi connectivity index (χ4v) is 3.42. The first-order chi connectivity index (χ1) is 9.44. The fraction of sp³-hybridized carbons (Fsp3) is 0.933. The van der Waals surface area contributed by atoms with Gasteiger partial charge in [0, 0.05) is 31.7 Å². The number of esters is 1. The van der Waals surface area contributed by atoms with Crippen molar-refractivity contribution >= 4 is 5.97 Å². The van der Waals surface area contributed by atoms with Crippen LogP contribution in [0, 0.1) is 0 Å². The number of ether oxygens (including phenoxy) is 1. The molecule has 0 aromatic rings. The summed E-state index contributed by atoms with van der Waals surface area (Å²) in [4.78, 5) is 16.9. The number of nitrogens with two attached hydrogens (primary N) is 1. The van der Waals surface area contributed by atoms with Crippen molar-refractivity contribution in [1.29, 1.82) is 0 Å². The number of piperidine rings is 1. The Morgan fingerprint density at radius 1 is 1.40 bits per heavy atom. The molecule has 0 spiro atoms. The van der Waals surface area contributed by atoms with E-state index in [4.69, 9.17) is 10.5 Å². The minimum Gasteiger partial charge on any atom is -0.465 e. The van der Waals surface area contributed by atoms with Crippen LogP contribution in [0.3, 0.4) is 0 Å². The smallest absolute Gasteiger partial charge is 0.327 e. The van der Waals surface area contributed by atoms with E-state index in [0.29, 0.717) is 25.2 Å². The Kier molecular flexibility index (Phi) is 5.04. The molecule has 2 rings (SSSR count). The van der Waals surface area contributed by atoms with Crippen molar-refractivity contribution in [2.45, 2.75) is 57.7 Å². The Morgan fingerprint density at radius 2 is 2.15 bits per heavy atom. The zero-order valence-electron chi connectivity index (χ0n) is 13.1. The molecular weight excluding hydrogens is 254 g/mol. The topological polar surface area (TPSA) is 58.8 Å². The Bertz CT molecular complexity index is 346. The number of fused-ring (bicyclic) bond motifs is 1. The van der Waals surface area contributed by atoms with Crippen LogP contribution in [0.5, 0.6) is 0 Å². The van der Waals surface area contributed by atoms with Crippen molar-refractivity contribution in [3.63, 3.8) is 0 Å². The van der Waals surface area contributed by atoms with Crippen molar-refractivity contribution in [1.82, 2.24) is 9.80 Å². The minimum atomic E-state index is -0.916. The Balaban J connectivity index is 1.96. The van der Waals surface area contributed by atoms with Crippen molar-refractivity contribution in [3.05, 3.63) is 0 Å². The van der Waals surface area contributed by atoms with E-state index in [1.54, 1.807) is 6.92 Å². The highest BCUT2D eigenvalue weighted by Crippen LogP contribution is 2.25. The van der Waals surface area contributed by atoms with E-state index in [1.807, 2.05) is 6.92 Å². The zero-order valence-corrected chi connectivity index (χ0v) is 13.1. The summed E-state index contributed by atoms with van der Waals surface area (Å²) in [6.45, 7) is 10.1. The summed E-state index contributed by atoms with van der Waals surface area (Å²) in [7, 11) is 0. The largest absolute Gasteiger partial charge is 0.465 e. The molecule has 5 nitrogen and oxygen atoms in total. The number of carbonyl (C=O) groups excluding carboxylic acids is 1. The van der Waals surface area contributed by atoms with Gasteiger partial charge in [-0.3, -0.25) is 14.6 Å². The summed E-state index contributed by atoms with van der Waals surface area (Å²) in [5.41, 5.74) is 5.26. The Morgan fingerprint density at radius 3 is 2.85 bits per heavy atom. The molecular formula is C15H29N3O2. The molecule has 3 atom stereocenters. The van der Waals surface area contributed by atoms with Crippen LogP contribution in [0.15, 0.2) is 0 Å². The maximum Gasteiger partial charge on any atom is 0.327 e. The molecule has 0 radical (unpaired) electrons. The molecule has 2 aliphatic heterocycles. The summed E-state index contributed by atoms with van der Waals surface area (Å²) >= 11 is 0. The van der Waals surface area contributed by atoms with Gasteiger partial charge in [0.1, 0.15) is 5.54 Å². The van der Waals surface area contributed by atoms with E-state index < -0.39 is 5.54 Å². The maximum absolute atomic E-state index is 11.9. The number of hydrogen-bond acceptors (Lipinski definition) is 5. The summed E-state index contributed by atoms with van der Waals surface area (Å²) in [5, 5.41) is 0. The van der Waals surface area contributed by atoms with E-state index in [0.717, 1.165) is 13.1 Å². The van der Waals surface area contributed by atoms with Gasteiger partial charge in [-0.25, -0.2) is 0 Å². The molecule has 0 amide bonds. The van der Waals surface area contributed by atoms with Gasteiger partial charge in [0.2, 0.25) is 0 Å². The standard InChI is InChI=1S/C15H29N3O2/c1-4-20-14(19)15(3,16)11-18-10-13-7-5-6-8-17(13)9-12(18)2/h12-13H,4-11,16H2,1-3H3. The number of rotatable bonds is 4. The molecule has 2 N–H and O–H groups in total. The van der Waals surface area contributed by atoms with Gasteiger partial charge < -0.3 is 10.5 Å².